The Morgan fingerprint density at radius 2 is 2.00 bits per heavy atom. The zero-order valence-corrected chi connectivity index (χ0v) is 13.7. The lowest BCUT2D eigenvalue weighted by Crippen LogP contribution is -2.29. The van der Waals surface area contributed by atoms with Crippen molar-refractivity contribution in [2.75, 3.05) is 6.54 Å². The topological polar surface area (TPSA) is 112 Å². The molecule has 2 amide bonds. The summed E-state index contributed by atoms with van der Waals surface area (Å²) in [7, 11) is 0. The second kappa shape index (κ2) is 6.97. The molecule has 7 nitrogen and oxygen atoms in total. The van der Waals surface area contributed by atoms with E-state index in [0.29, 0.717) is 4.88 Å². The van der Waals surface area contributed by atoms with E-state index in [0.717, 1.165) is 21.5 Å². The summed E-state index contributed by atoms with van der Waals surface area (Å²) in [6.45, 7) is 1.79. The summed E-state index contributed by atoms with van der Waals surface area (Å²) < 4.78 is 0. The lowest BCUT2D eigenvalue weighted by molar-refractivity contribution is -0.137. The molecule has 0 bridgehead atoms. The highest BCUT2D eigenvalue weighted by atomic mass is 32.2. The van der Waals surface area contributed by atoms with E-state index in [1.165, 1.54) is 23.5 Å². The highest BCUT2D eigenvalue weighted by Gasteiger charge is 2.35. The Kier molecular flexibility index (Phi) is 5.22. The molecule has 2 N–H and O–H groups in total. The first-order valence-electron chi connectivity index (χ1n) is 6.60. The Hall–Kier alpha value is -2.13. The molecule has 2 rings (SSSR count). The monoisotopic (exact) mass is 355 g/mol. The third-order valence-corrected chi connectivity index (χ3v) is 4.93. The zero-order valence-electron chi connectivity index (χ0n) is 12.1. The highest BCUT2D eigenvalue weighted by Crippen LogP contribution is 2.34. The van der Waals surface area contributed by atoms with Crippen LogP contribution in [0.1, 0.15) is 33.0 Å². The quantitative estimate of drug-likeness (QED) is 0.754. The number of thioether (sulfide) groups is 1. The van der Waals surface area contributed by atoms with E-state index in [9.17, 15) is 19.2 Å². The van der Waals surface area contributed by atoms with E-state index >= 15 is 0 Å². The summed E-state index contributed by atoms with van der Waals surface area (Å²) in [6, 6.07) is 1.51. The van der Waals surface area contributed by atoms with Crippen molar-refractivity contribution in [3.05, 3.63) is 26.3 Å². The Morgan fingerprint density at radius 3 is 2.61 bits per heavy atom. The van der Waals surface area contributed by atoms with Gasteiger partial charge in [0, 0.05) is 22.7 Å². The van der Waals surface area contributed by atoms with Crippen LogP contribution in [0.25, 0.3) is 6.08 Å². The Bertz CT molecular complexity index is 721. The summed E-state index contributed by atoms with van der Waals surface area (Å²) in [5, 5.41) is 17.3. The highest BCUT2D eigenvalue weighted by molar-refractivity contribution is 8.18. The van der Waals surface area contributed by atoms with Gasteiger partial charge in [0.25, 0.3) is 11.1 Å². The summed E-state index contributed by atoms with van der Waals surface area (Å²) in [6.07, 6.45) is 1.45. The first-order valence-corrected chi connectivity index (χ1v) is 8.23. The van der Waals surface area contributed by atoms with E-state index in [-0.39, 0.29) is 29.9 Å². The number of nitrogens with zero attached hydrogens (tertiary/aromatic N) is 1. The number of carbonyl (C=O) groups is 4. The smallest absolute Gasteiger partial charge is 0.337 e. The van der Waals surface area contributed by atoms with Gasteiger partial charge in [-0.1, -0.05) is 0 Å². The molecule has 1 aromatic heterocycles. The molecule has 1 aromatic rings. The Labute approximate surface area is 139 Å². The fraction of sp³-hybridized carbons (Fsp3) is 0.286. The third-order valence-electron chi connectivity index (χ3n) is 3.02. The zero-order chi connectivity index (χ0) is 17.1. The van der Waals surface area contributed by atoms with Crippen LogP contribution < -0.4 is 0 Å². The van der Waals surface area contributed by atoms with Crippen molar-refractivity contribution < 1.29 is 29.4 Å². The van der Waals surface area contributed by atoms with E-state index in [1.54, 1.807) is 6.92 Å². The first kappa shape index (κ1) is 17.2. The maximum atomic E-state index is 12.2. The number of imide groups is 1. The van der Waals surface area contributed by atoms with Crippen molar-refractivity contribution in [3.63, 3.8) is 0 Å². The molecule has 1 fully saturated rings. The lowest BCUT2D eigenvalue weighted by atomic mass is 10.2. The molecule has 0 unspecified atom stereocenters. The van der Waals surface area contributed by atoms with Gasteiger partial charge >= 0.3 is 11.9 Å². The number of amides is 2. The van der Waals surface area contributed by atoms with Crippen LogP contribution in [-0.2, 0) is 9.59 Å². The average Bonchev–Trinajstić information content (AvgIpc) is 2.93. The number of carbonyl (C=O) groups excluding carboxylic acids is 2. The number of hydrogen-bond donors (Lipinski definition) is 2. The van der Waals surface area contributed by atoms with E-state index in [4.69, 9.17) is 10.2 Å². The molecular weight excluding hydrogens is 342 g/mol. The lowest BCUT2D eigenvalue weighted by Gasteiger charge is -2.10. The largest absolute Gasteiger partial charge is 0.481 e. The number of carboxylic acids is 2. The van der Waals surface area contributed by atoms with E-state index in [2.05, 4.69) is 0 Å². The number of aliphatic carboxylic acids is 1. The normalized spacial score (nSPS) is 16.4. The van der Waals surface area contributed by atoms with Crippen molar-refractivity contribution >= 4 is 52.3 Å². The summed E-state index contributed by atoms with van der Waals surface area (Å²) in [4.78, 5) is 48.1. The minimum absolute atomic E-state index is 0.0313. The molecule has 0 aromatic carbocycles. The van der Waals surface area contributed by atoms with Crippen LogP contribution in [0.5, 0.6) is 0 Å². The van der Waals surface area contributed by atoms with E-state index in [1.807, 2.05) is 0 Å². The number of hydrogen-bond acceptors (Lipinski definition) is 6. The molecule has 0 saturated carbocycles. The summed E-state index contributed by atoms with van der Waals surface area (Å²) >= 11 is 1.96. The van der Waals surface area contributed by atoms with Gasteiger partial charge in [-0.15, -0.1) is 11.3 Å². The van der Waals surface area contributed by atoms with Gasteiger partial charge in [-0.2, -0.15) is 0 Å². The molecule has 122 valence electrons. The van der Waals surface area contributed by atoms with Gasteiger partial charge in [0.2, 0.25) is 0 Å². The van der Waals surface area contributed by atoms with Crippen molar-refractivity contribution in [1.82, 2.24) is 4.90 Å². The molecule has 9 heteroatoms. The molecule has 2 heterocycles. The SMILES string of the molecule is Cc1cc(C(=O)O)c(/C=C2/SC(=O)N(CCCC(=O)O)C2=O)s1. The Balaban J connectivity index is 2.18. The van der Waals surface area contributed by atoms with Crippen LogP contribution in [0.15, 0.2) is 11.0 Å². The minimum atomic E-state index is -1.10. The maximum absolute atomic E-state index is 12.2. The Morgan fingerprint density at radius 1 is 1.30 bits per heavy atom. The standard InChI is InChI=1S/C14H13NO6S2/c1-7-5-8(13(19)20)9(22-7)6-10-12(18)15(14(21)23-10)4-2-3-11(16)17/h5-6H,2-4H2,1H3,(H,16,17)(H,19,20)/b10-6+. The second-order valence-corrected chi connectivity index (χ2v) is 7.05. The molecule has 0 spiro atoms. The molecule has 0 aliphatic carbocycles. The number of carboxylic acid groups (broad SMARTS) is 2. The molecular formula is C14H13NO6S2. The third kappa shape index (κ3) is 3.99. The van der Waals surface area contributed by atoms with Gasteiger partial charge in [0.15, 0.2) is 0 Å². The molecule has 1 saturated heterocycles. The number of rotatable bonds is 6. The number of aromatic carboxylic acids is 1. The maximum Gasteiger partial charge on any atom is 0.337 e. The van der Waals surface area contributed by atoms with Crippen molar-refractivity contribution in [2.24, 2.45) is 0 Å². The molecule has 23 heavy (non-hydrogen) atoms. The van der Waals surface area contributed by atoms with Gasteiger partial charge < -0.3 is 10.2 Å². The average molecular weight is 355 g/mol. The summed E-state index contributed by atoms with van der Waals surface area (Å²) in [5.74, 6) is -2.61. The van der Waals surface area contributed by atoms with Crippen LogP contribution in [0.2, 0.25) is 0 Å². The predicted molar refractivity (Wildman–Crippen MR) is 85.6 cm³/mol. The number of thiophene rings is 1. The summed E-state index contributed by atoms with van der Waals surface area (Å²) in [5.41, 5.74) is 0.0881. The van der Waals surface area contributed by atoms with Crippen LogP contribution in [0.3, 0.4) is 0 Å². The van der Waals surface area contributed by atoms with Gasteiger partial charge in [0.1, 0.15) is 0 Å². The van der Waals surface area contributed by atoms with E-state index < -0.39 is 23.1 Å². The fourth-order valence-electron chi connectivity index (χ4n) is 2.01. The predicted octanol–water partition coefficient (Wildman–Crippen LogP) is 2.66. The van der Waals surface area contributed by atoms with Crippen molar-refractivity contribution in [3.8, 4) is 0 Å². The fourth-order valence-corrected chi connectivity index (χ4v) is 3.88. The van der Waals surface area contributed by atoms with Crippen LogP contribution >= 0.6 is 23.1 Å². The molecule has 1 aliphatic rings. The van der Waals surface area contributed by atoms with Crippen molar-refractivity contribution in [2.45, 2.75) is 19.8 Å². The van der Waals surface area contributed by atoms with Gasteiger partial charge in [-0.05, 0) is 37.2 Å². The molecule has 0 radical (unpaired) electrons. The van der Waals surface area contributed by atoms with Gasteiger partial charge in [-0.25, -0.2) is 4.79 Å². The minimum Gasteiger partial charge on any atom is -0.481 e. The first-order chi connectivity index (χ1) is 10.8. The van der Waals surface area contributed by atoms with Gasteiger partial charge in [-0.3, -0.25) is 19.3 Å². The van der Waals surface area contributed by atoms with Crippen LogP contribution in [0.4, 0.5) is 4.79 Å². The molecule has 0 atom stereocenters. The van der Waals surface area contributed by atoms with Crippen LogP contribution in [0, 0.1) is 6.92 Å². The van der Waals surface area contributed by atoms with Gasteiger partial charge in [0.05, 0.1) is 10.5 Å². The van der Waals surface area contributed by atoms with Crippen molar-refractivity contribution in [1.29, 1.82) is 0 Å². The number of aryl methyl sites for hydroxylation is 1. The second-order valence-electron chi connectivity index (χ2n) is 4.77. The van der Waals surface area contributed by atoms with Crippen LogP contribution in [-0.4, -0.2) is 44.7 Å². The molecule has 1 aliphatic heterocycles.